The zero-order valence-electron chi connectivity index (χ0n) is 11.0. The van der Waals surface area contributed by atoms with E-state index in [1.165, 1.54) is 0 Å². The molecule has 4 heteroatoms. The van der Waals surface area contributed by atoms with Crippen molar-refractivity contribution < 1.29 is 4.74 Å². The van der Waals surface area contributed by atoms with Crippen LogP contribution in [0.25, 0.3) is 0 Å². The molecule has 3 N–H and O–H groups in total. The van der Waals surface area contributed by atoms with E-state index in [2.05, 4.69) is 5.32 Å². The summed E-state index contributed by atoms with van der Waals surface area (Å²) in [7, 11) is 1.64. The molecule has 0 unspecified atom stereocenters. The maximum Gasteiger partial charge on any atom is 0.125 e. The summed E-state index contributed by atoms with van der Waals surface area (Å²) in [6.45, 7) is 2.57. The van der Waals surface area contributed by atoms with Crippen LogP contribution in [0.1, 0.15) is 11.1 Å². The Labute approximate surface area is 118 Å². The van der Waals surface area contributed by atoms with Crippen molar-refractivity contribution in [3.05, 3.63) is 52.5 Å². The fraction of sp³-hybridized carbons (Fsp3) is 0.200. The number of nitrogens with two attached hydrogens (primary N) is 1. The molecular weight excluding hydrogens is 260 g/mol. The van der Waals surface area contributed by atoms with Gasteiger partial charge in [-0.05, 0) is 36.8 Å². The molecule has 2 rings (SSSR count). The fourth-order valence-electron chi connectivity index (χ4n) is 1.84. The second kappa shape index (κ2) is 5.85. The highest BCUT2D eigenvalue weighted by Crippen LogP contribution is 2.27. The predicted octanol–water partition coefficient (Wildman–Crippen LogP) is 3.85. The lowest BCUT2D eigenvalue weighted by Crippen LogP contribution is -2.03. The molecule has 0 saturated carbocycles. The third-order valence-electron chi connectivity index (χ3n) is 3.04. The highest BCUT2D eigenvalue weighted by Gasteiger charge is 2.07. The Balaban J connectivity index is 2.16. The predicted molar refractivity (Wildman–Crippen MR) is 80.9 cm³/mol. The van der Waals surface area contributed by atoms with Gasteiger partial charge in [-0.15, -0.1) is 0 Å². The van der Waals surface area contributed by atoms with E-state index in [0.717, 1.165) is 28.3 Å². The van der Waals surface area contributed by atoms with Gasteiger partial charge in [0.15, 0.2) is 0 Å². The van der Waals surface area contributed by atoms with Crippen LogP contribution in [0.3, 0.4) is 0 Å². The van der Waals surface area contributed by atoms with Gasteiger partial charge in [-0.2, -0.15) is 0 Å². The van der Waals surface area contributed by atoms with Crippen LogP contribution in [0.2, 0.25) is 5.02 Å². The minimum absolute atomic E-state index is 0.589. The first-order chi connectivity index (χ1) is 9.11. The van der Waals surface area contributed by atoms with E-state index in [0.29, 0.717) is 11.6 Å². The average molecular weight is 277 g/mol. The molecule has 0 saturated heterocycles. The van der Waals surface area contributed by atoms with Crippen molar-refractivity contribution in [2.45, 2.75) is 13.5 Å². The van der Waals surface area contributed by atoms with Gasteiger partial charge in [-0.3, -0.25) is 0 Å². The molecule has 0 amide bonds. The maximum atomic E-state index is 6.19. The van der Waals surface area contributed by atoms with Crippen LogP contribution in [0.15, 0.2) is 36.4 Å². The van der Waals surface area contributed by atoms with Gasteiger partial charge in [0.1, 0.15) is 5.75 Å². The number of nitrogen functional groups attached to an aromatic ring is 1. The summed E-state index contributed by atoms with van der Waals surface area (Å²) in [5.74, 6) is 0.778. The Morgan fingerprint density at radius 1 is 1.26 bits per heavy atom. The van der Waals surface area contributed by atoms with Gasteiger partial charge in [0.25, 0.3) is 0 Å². The molecule has 19 heavy (non-hydrogen) atoms. The molecule has 0 aliphatic carbocycles. The zero-order chi connectivity index (χ0) is 13.8. The molecular formula is C15H17ClN2O. The maximum absolute atomic E-state index is 6.19. The second-order valence-corrected chi connectivity index (χ2v) is 4.75. The first-order valence-electron chi connectivity index (χ1n) is 6.03. The summed E-state index contributed by atoms with van der Waals surface area (Å²) in [6, 6.07) is 11.5. The number of halogens is 1. The quantitative estimate of drug-likeness (QED) is 0.834. The number of methoxy groups -OCH3 is 1. The highest BCUT2D eigenvalue weighted by molar-refractivity contribution is 6.31. The van der Waals surface area contributed by atoms with Crippen LogP contribution in [-0.2, 0) is 6.54 Å². The van der Waals surface area contributed by atoms with E-state index in [4.69, 9.17) is 22.1 Å². The molecule has 0 aliphatic rings. The highest BCUT2D eigenvalue weighted by atomic mass is 35.5. The molecule has 2 aromatic carbocycles. The monoisotopic (exact) mass is 276 g/mol. The first-order valence-corrected chi connectivity index (χ1v) is 6.41. The second-order valence-electron chi connectivity index (χ2n) is 4.35. The largest absolute Gasteiger partial charge is 0.496 e. The number of hydrogen-bond donors (Lipinski definition) is 2. The number of anilines is 2. The molecule has 0 bridgehead atoms. The number of hydrogen-bond acceptors (Lipinski definition) is 3. The summed E-state index contributed by atoms with van der Waals surface area (Å²) in [4.78, 5) is 0. The van der Waals surface area contributed by atoms with E-state index in [9.17, 15) is 0 Å². The number of rotatable bonds is 4. The van der Waals surface area contributed by atoms with Crippen LogP contribution < -0.4 is 15.8 Å². The number of benzene rings is 2. The molecule has 0 radical (unpaired) electrons. The van der Waals surface area contributed by atoms with Crippen molar-refractivity contribution in [3.63, 3.8) is 0 Å². The Bertz CT molecular complexity index is 584. The van der Waals surface area contributed by atoms with E-state index in [1.807, 2.05) is 43.3 Å². The van der Waals surface area contributed by atoms with Crippen molar-refractivity contribution in [3.8, 4) is 5.75 Å². The molecule has 0 aromatic heterocycles. The summed E-state index contributed by atoms with van der Waals surface area (Å²) in [6.07, 6.45) is 0. The summed E-state index contributed by atoms with van der Waals surface area (Å²) in [5, 5.41) is 3.99. The van der Waals surface area contributed by atoms with Gasteiger partial charge in [0.05, 0.1) is 7.11 Å². The molecule has 0 heterocycles. The van der Waals surface area contributed by atoms with Crippen molar-refractivity contribution >= 4 is 23.0 Å². The minimum Gasteiger partial charge on any atom is -0.496 e. The van der Waals surface area contributed by atoms with E-state index in [1.54, 1.807) is 7.11 Å². The standard InChI is InChI=1S/C15H17ClN2O/c1-10-6-7-11(8-14(10)17)18-9-12-13(16)4-3-5-15(12)19-2/h3-8,18H,9,17H2,1-2H3. The number of aryl methyl sites for hydroxylation is 1. The number of nitrogens with one attached hydrogen (secondary N) is 1. The van der Waals surface area contributed by atoms with Crippen molar-refractivity contribution in [1.82, 2.24) is 0 Å². The molecule has 2 aromatic rings. The average Bonchev–Trinajstić information content (AvgIpc) is 2.41. The van der Waals surface area contributed by atoms with E-state index >= 15 is 0 Å². The lowest BCUT2D eigenvalue weighted by atomic mass is 10.1. The van der Waals surface area contributed by atoms with Gasteiger partial charge >= 0.3 is 0 Å². The third kappa shape index (κ3) is 3.12. The Kier molecular flexibility index (Phi) is 4.17. The molecule has 100 valence electrons. The van der Waals surface area contributed by atoms with Gasteiger partial charge in [-0.25, -0.2) is 0 Å². The van der Waals surface area contributed by atoms with E-state index in [-0.39, 0.29) is 0 Å². The van der Waals surface area contributed by atoms with Crippen molar-refractivity contribution in [2.75, 3.05) is 18.2 Å². The van der Waals surface area contributed by atoms with Crippen LogP contribution >= 0.6 is 11.6 Å². The zero-order valence-corrected chi connectivity index (χ0v) is 11.8. The topological polar surface area (TPSA) is 47.3 Å². The smallest absolute Gasteiger partial charge is 0.125 e. The van der Waals surface area contributed by atoms with Gasteiger partial charge in [-0.1, -0.05) is 23.7 Å². The minimum atomic E-state index is 0.589. The van der Waals surface area contributed by atoms with E-state index < -0.39 is 0 Å². The summed E-state index contributed by atoms with van der Waals surface area (Å²) in [5.41, 5.74) is 9.63. The van der Waals surface area contributed by atoms with Gasteiger partial charge in [0.2, 0.25) is 0 Å². The summed E-state index contributed by atoms with van der Waals surface area (Å²) < 4.78 is 5.31. The van der Waals surface area contributed by atoms with Crippen LogP contribution in [-0.4, -0.2) is 7.11 Å². The third-order valence-corrected chi connectivity index (χ3v) is 3.40. The van der Waals surface area contributed by atoms with Crippen molar-refractivity contribution in [2.24, 2.45) is 0 Å². The number of ether oxygens (including phenoxy) is 1. The molecule has 0 fully saturated rings. The molecule has 0 spiro atoms. The summed E-state index contributed by atoms with van der Waals surface area (Å²) >= 11 is 6.19. The molecule has 0 aliphatic heterocycles. The Morgan fingerprint density at radius 2 is 2.05 bits per heavy atom. The van der Waals surface area contributed by atoms with Gasteiger partial charge < -0.3 is 15.8 Å². The molecule has 3 nitrogen and oxygen atoms in total. The lowest BCUT2D eigenvalue weighted by Gasteiger charge is -2.13. The lowest BCUT2D eigenvalue weighted by molar-refractivity contribution is 0.410. The SMILES string of the molecule is COc1cccc(Cl)c1CNc1ccc(C)c(N)c1. The Hall–Kier alpha value is -1.87. The van der Waals surface area contributed by atoms with Crippen LogP contribution in [0.4, 0.5) is 11.4 Å². The first kappa shape index (κ1) is 13.6. The van der Waals surface area contributed by atoms with Crippen LogP contribution in [0.5, 0.6) is 5.75 Å². The fourth-order valence-corrected chi connectivity index (χ4v) is 2.08. The van der Waals surface area contributed by atoms with Crippen LogP contribution in [0, 0.1) is 6.92 Å². The normalized spacial score (nSPS) is 10.3. The van der Waals surface area contributed by atoms with Crippen molar-refractivity contribution in [1.29, 1.82) is 0 Å². The molecule has 0 atom stereocenters. The van der Waals surface area contributed by atoms with Gasteiger partial charge in [0, 0.05) is 28.5 Å². The Morgan fingerprint density at radius 3 is 2.74 bits per heavy atom.